The van der Waals surface area contributed by atoms with Crippen LogP contribution in [0.2, 0.25) is 0 Å². The number of rotatable bonds is 5. The molecule has 0 bridgehead atoms. The topological polar surface area (TPSA) is 58.6 Å². The SMILES string of the molecule is O=C(Cc1cccc(OCC(F)(F)F)c1)NC1CCCCC1O. The van der Waals surface area contributed by atoms with Crippen LogP contribution in [0.3, 0.4) is 0 Å². The number of carbonyl (C=O) groups is 1. The Bertz CT molecular complexity index is 534. The summed E-state index contributed by atoms with van der Waals surface area (Å²) in [6, 6.07) is 5.78. The normalized spacial score (nSPS) is 21.7. The molecule has 0 aliphatic heterocycles. The highest BCUT2D eigenvalue weighted by molar-refractivity contribution is 5.79. The van der Waals surface area contributed by atoms with E-state index in [1.165, 1.54) is 12.1 Å². The lowest BCUT2D eigenvalue weighted by Crippen LogP contribution is -2.45. The first-order valence-electron chi connectivity index (χ1n) is 7.59. The second-order valence-electron chi connectivity index (χ2n) is 5.75. The minimum Gasteiger partial charge on any atom is -0.484 e. The molecule has 1 aliphatic rings. The first-order valence-corrected chi connectivity index (χ1v) is 7.59. The third-order valence-corrected chi connectivity index (χ3v) is 3.74. The smallest absolute Gasteiger partial charge is 0.422 e. The molecule has 1 aromatic carbocycles. The number of halogens is 3. The Morgan fingerprint density at radius 1 is 1.30 bits per heavy atom. The molecule has 1 aromatic rings. The summed E-state index contributed by atoms with van der Waals surface area (Å²) in [6.07, 6.45) is -1.58. The monoisotopic (exact) mass is 331 g/mol. The minimum atomic E-state index is -4.40. The van der Waals surface area contributed by atoms with Crippen molar-refractivity contribution in [2.24, 2.45) is 0 Å². The van der Waals surface area contributed by atoms with Gasteiger partial charge >= 0.3 is 6.18 Å². The number of carbonyl (C=O) groups excluding carboxylic acids is 1. The lowest BCUT2D eigenvalue weighted by atomic mass is 9.92. The summed E-state index contributed by atoms with van der Waals surface area (Å²) < 4.78 is 41.1. The molecular formula is C16H20F3NO3. The van der Waals surface area contributed by atoms with E-state index in [-0.39, 0.29) is 24.1 Å². The predicted molar refractivity (Wildman–Crippen MR) is 78.1 cm³/mol. The first-order chi connectivity index (χ1) is 10.8. The molecule has 1 aliphatic carbocycles. The van der Waals surface area contributed by atoms with Crippen LogP contribution in [0.15, 0.2) is 24.3 Å². The third kappa shape index (κ3) is 6.09. The zero-order valence-corrected chi connectivity index (χ0v) is 12.6. The van der Waals surface area contributed by atoms with Crippen molar-refractivity contribution in [1.29, 1.82) is 0 Å². The highest BCUT2D eigenvalue weighted by atomic mass is 19.4. The Morgan fingerprint density at radius 3 is 2.74 bits per heavy atom. The first kappa shape index (κ1) is 17.6. The molecule has 128 valence electrons. The Labute approximate surface area is 132 Å². The Balaban J connectivity index is 1.88. The molecule has 2 rings (SSSR count). The predicted octanol–water partition coefficient (Wildman–Crippen LogP) is 2.59. The summed E-state index contributed by atoms with van der Waals surface area (Å²) in [7, 11) is 0. The Morgan fingerprint density at radius 2 is 2.04 bits per heavy atom. The van der Waals surface area contributed by atoms with Crippen LogP contribution in [0.1, 0.15) is 31.2 Å². The number of amides is 1. The van der Waals surface area contributed by atoms with Crippen molar-refractivity contribution in [3.8, 4) is 5.75 Å². The highest BCUT2D eigenvalue weighted by Crippen LogP contribution is 2.20. The molecule has 0 radical (unpaired) electrons. The van der Waals surface area contributed by atoms with Crippen LogP contribution in [-0.2, 0) is 11.2 Å². The summed E-state index contributed by atoms with van der Waals surface area (Å²) in [5.41, 5.74) is 0.562. The van der Waals surface area contributed by atoms with Crippen LogP contribution < -0.4 is 10.1 Å². The Kier molecular flexibility index (Phi) is 5.87. The molecule has 2 atom stereocenters. The van der Waals surface area contributed by atoms with Crippen LogP contribution in [0, 0.1) is 0 Å². The zero-order valence-electron chi connectivity index (χ0n) is 12.6. The van der Waals surface area contributed by atoms with E-state index in [4.69, 9.17) is 0 Å². The van der Waals surface area contributed by atoms with Gasteiger partial charge in [-0.3, -0.25) is 4.79 Å². The summed E-state index contributed by atoms with van der Waals surface area (Å²) in [5.74, 6) is -0.186. The largest absolute Gasteiger partial charge is 0.484 e. The van der Waals surface area contributed by atoms with Gasteiger partial charge in [-0.15, -0.1) is 0 Å². The molecule has 1 amide bonds. The van der Waals surface area contributed by atoms with Crippen molar-refractivity contribution in [2.75, 3.05) is 6.61 Å². The van der Waals surface area contributed by atoms with Crippen molar-refractivity contribution in [1.82, 2.24) is 5.32 Å². The van der Waals surface area contributed by atoms with Gasteiger partial charge in [0, 0.05) is 0 Å². The molecule has 23 heavy (non-hydrogen) atoms. The van der Waals surface area contributed by atoms with Crippen LogP contribution in [0.4, 0.5) is 13.2 Å². The van der Waals surface area contributed by atoms with Crippen LogP contribution in [0.25, 0.3) is 0 Å². The van der Waals surface area contributed by atoms with E-state index >= 15 is 0 Å². The highest BCUT2D eigenvalue weighted by Gasteiger charge is 2.28. The molecule has 0 spiro atoms. The van der Waals surface area contributed by atoms with E-state index in [1.807, 2.05) is 0 Å². The maximum atomic E-state index is 12.1. The molecule has 0 heterocycles. The fourth-order valence-electron chi connectivity index (χ4n) is 2.63. The number of ether oxygens (including phenoxy) is 1. The quantitative estimate of drug-likeness (QED) is 0.872. The second-order valence-corrected chi connectivity index (χ2v) is 5.75. The lowest BCUT2D eigenvalue weighted by Gasteiger charge is -2.28. The van der Waals surface area contributed by atoms with Crippen molar-refractivity contribution >= 4 is 5.91 Å². The lowest BCUT2D eigenvalue weighted by molar-refractivity contribution is -0.153. The van der Waals surface area contributed by atoms with E-state index in [2.05, 4.69) is 10.1 Å². The summed E-state index contributed by atoms with van der Waals surface area (Å²) in [6.45, 7) is -1.36. The van der Waals surface area contributed by atoms with Gasteiger partial charge in [0.25, 0.3) is 0 Å². The van der Waals surface area contributed by atoms with Gasteiger partial charge in [0.1, 0.15) is 5.75 Å². The second kappa shape index (κ2) is 7.68. The summed E-state index contributed by atoms with van der Waals surface area (Å²) >= 11 is 0. The van der Waals surface area contributed by atoms with E-state index in [9.17, 15) is 23.1 Å². The van der Waals surface area contributed by atoms with Gasteiger partial charge in [0.2, 0.25) is 5.91 Å². The fraction of sp³-hybridized carbons (Fsp3) is 0.562. The van der Waals surface area contributed by atoms with Gasteiger partial charge in [0.15, 0.2) is 6.61 Å². The van der Waals surface area contributed by atoms with Gasteiger partial charge in [-0.25, -0.2) is 0 Å². The average molecular weight is 331 g/mol. The number of nitrogens with one attached hydrogen (secondary N) is 1. The van der Waals surface area contributed by atoms with Crippen molar-refractivity contribution in [2.45, 2.75) is 50.4 Å². The van der Waals surface area contributed by atoms with E-state index in [1.54, 1.807) is 12.1 Å². The minimum absolute atomic E-state index is 0.0342. The fourth-order valence-corrected chi connectivity index (χ4v) is 2.63. The number of alkyl halides is 3. The van der Waals surface area contributed by atoms with Gasteiger partial charge < -0.3 is 15.2 Å². The van der Waals surface area contributed by atoms with Crippen molar-refractivity contribution in [3.05, 3.63) is 29.8 Å². The van der Waals surface area contributed by atoms with Gasteiger partial charge in [-0.2, -0.15) is 13.2 Å². The number of aliphatic hydroxyl groups is 1. The molecular weight excluding hydrogens is 311 g/mol. The maximum absolute atomic E-state index is 12.1. The van der Waals surface area contributed by atoms with E-state index in [0.717, 1.165) is 19.3 Å². The standard InChI is InChI=1S/C16H20F3NO3/c17-16(18,19)10-23-12-5-3-4-11(8-12)9-15(22)20-13-6-1-2-7-14(13)21/h3-5,8,13-14,21H,1-2,6-7,9-10H2,(H,20,22). The van der Waals surface area contributed by atoms with Crippen LogP contribution >= 0.6 is 0 Å². The number of hydrogen-bond donors (Lipinski definition) is 2. The maximum Gasteiger partial charge on any atom is 0.422 e. The number of hydrogen-bond acceptors (Lipinski definition) is 3. The molecule has 2 N–H and O–H groups in total. The van der Waals surface area contributed by atoms with Gasteiger partial charge in [-0.05, 0) is 30.5 Å². The van der Waals surface area contributed by atoms with E-state index < -0.39 is 18.9 Å². The molecule has 2 unspecified atom stereocenters. The summed E-state index contributed by atoms with van der Waals surface area (Å²) in [4.78, 5) is 12.0. The zero-order chi connectivity index (χ0) is 16.9. The average Bonchev–Trinajstić information content (AvgIpc) is 2.47. The van der Waals surface area contributed by atoms with E-state index in [0.29, 0.717) is 12.0 Å². The molecule has 1 saturated carbocycles. The third-order valence-electron chi connectivity index (χ3n) is 3.74. The number of aliphatic hydroxyl groups excluding tert-OH is 1. The van der Waals surface area contributed by atoms with Crippen molar-refractivity contribution < 1.29 is 27.8 Å². The summed E-state index contributed by atoms with van der Waals surface area (Å²) in [5, 5.41) is 12.6. The van der Waals surface area contributed by atoms with Crippen LogP contribution in [0.5, 0.6) is 5.75 Å². The van der Waals surface area contributed by atoms with Crippen molar-refractivity contribution in [3.63, 3.8) is 0 Å². The van der Waals surface area contributed by atoms with Gasteiger partial charge in [0.05, 0.1) is 18.6 Å². The molecule has 0 saturated heterocycles. The molecule has 0 aromatic heterocycles. The molecule has 4 nitrogen and oxygen atoms in total. The number of benzene rings is 1. The Hall–Kier alpha value is -1.76. The molecule has 7 heteroatoms. The van der Waals surface area contributed by atoms with Gasteiger partial charge in [-0.1, -0.05) is 25.0 Å². The molecule has 1 fully saturated rings. The van der Waals surface area contributed by atoms with Crippen LogP contribution in [-0.4, -0.2) is 35.9 Å².